The Morgan fingerprint density at radius 3 is 3.00 bits per heavy atom. The highest BCUT2D eigenvalue weighted by atomic mass is 32.1. The second kappa shape index (κ2) is 4.89. The number of hydrogen-bond acceptors (Lipinski definition) is 8. The van der Waals surface area contributed by atoms with Crippen molar-refractivity contribution in [3.8, 4) is 5.88 Å². The van der Waals surface area contributed by atoms with Crippen molar-refractivity contribution in [2.24, 2.45) is 5.84 Å². The van der Waals surface area contributed by atoms with Crippen LogP contribution < -0.4 is 21.6 Å². The molecule has 8 nitrogen and oxygen atoms in total. The van der Waals surface area contributed by atoms with E-state index in [1.165, 1.54) is 35.3 Å². The van der Waals surface area contributed by atoms with Crippen LogP contribution in [0.15, 0.2) is 16.9 Å². The lowest BCUT2D eigenvalue weighted by atomic mass is 10.5. The molecule has 0 unspecified atom stereocenters. The number of ether oxygens (including phenoxy) is 1. The number of aromatic nitrogens is 4. The van der Waals surface area contributed by atoms with Crippen LogP contribution in [0.4, 0.5) is 5.13 Å². The fourth-order valence-electron chi connectivity index (χ4n) is 1.16. The van der Waals surface area contributed by atoms with Crippen LogP contribution in [-0.2, 0) is 6.54 Å². The Kier molecular flexibility index (Phi) is 3.30. The van der Waals surface area contributed by atoms with Gasteiger partial charge in [-0.2, -0.15) is 0 Å². The van der Waals surface area contributed by atoms with Gasteiger partial charge in [0.2, 0.25) is 11.0 Å². The highest BCUT2D eigenvalue weighted by molar-refractivity contribution is 7.15. The molecule has 2 aromatic rings. The summed E-state index contributed by atoms with van der Waals surface area (Å²) in [6.45, 7) is 0.232. The molecule has 0 aliphatic heterocycles. The second-order valence-corrected chi connectivity index (χ2v) is 4.08. The largest absolute Gasteiger partial charge is 0.480 e. The van der Waals surface area contributed by atoms with Gasteiger partial charge in [0.15, 0.2) is 0 Å². The van der Waals surface area contributed by atoms with Gasteiger partial charge in [0.25, 0.3) is 5.56 Å². The summed E-state index contributed by atoms with van der Waals surface area (Å²) in [6.07, 6.45) is 0. The maximum atomic E-state index is 11.5. The van der Waals surface area contributed by atoms with Gasteiger partial charge in [0.1, 0.15) is 5.01 Å². The Morgan fingerprint density at radius 2 is 2.35 bits per heavy atom. The summed E-state index contributed by atoms with van der Waals surface area (Å²) in [6, 6.07) is 2.89. The van der Waals surface area contributed by atoms with Gasteiger partial charge in [-0.1, -0.05) is 11.3 Å². The number of nitrogens with two attached hydrogens (primary N) is 1. The third-order valence-electron chi connectivity index (χ3n) is 1.93. The van der Waals surface area contributed by atoms with Gasteiger partial charge in [-0.25, -0.2) is 10.5 Å². The highest BCUT2D eigenvalue weighted by Crippen LogP contribution is 2.14. The lowest BCUT2D eigenvalue weighted by Crippen LogP contribution is -2.22. The van der Waals surface area contributed by atoms with E-state index >= 15 is 0 Å². The summed E-state index contributed by atoms with van der Waals surface area (Å²) < 4.78 is 6.19. The molecule has 0 fully saturated rings. The summed E-state index contributed by atoms with van der Waals surface area (Å²) in [5.74, 6) is 5.55. The molecule has 3 N–H and O–H groups in total. The summed E-state index contributed by atoms with van der Waals surface area (Å²) in [5, 5.41) is 12.7. The van der Waals surface area contributed by atoms with Gasteiger partial charge in [-0.05, 0) is 0 Å². The van der Waals surface area contributed by atoms with E-state index in [1.807, 2.05) is 0 Å². The Hall–Kier alpha value is -2.00. The van der Waals surface area contributed by atoms with Crippen molar-refractivity contribution in [3.63, 3.8) is 0 Å². The predicted octanol–water partition coefficient (Wildman–Crippen LogP) is -0.563. The van der Waals surface area contributed by atoms with Crippen LogP contribution in [-0.4, -0.2) is 27.1 Å². The molecule has 0 atom stereocenters. The Balaban J connectivity index is 2.25. The van der Waals surface area contributed by atoms with Gasteiger partial charge >= 0.3 is 0 Å². The first-order chi connectivity index (χ1) is 8.22. The molecule has 2 aromatic heterocycles. The molecule has 2 heterocycles. The number of anilines is 1. The van der Waals surface area contributed by atoms with Crippen LogP contribution in [0, 0.1) is 0 Å². The average Bonchev–Trinajstić information content (AvgIpc) is 2.80. The van der Waals surface area contributed by atoms with Crippen molar-refractivity contribution in [3.05, 3.63) is 27.5 Å². The van der Waals surface area contributed by atoms with Gasteiger partial charge in [0.05, 0.1) is 13.7 Å². The Bertz CT molecular complexity index is 565. The molecule has 0 radical (unpaired) electrons. The fourth-order valence-corrected chi connectivity index (χ4v) is 1.79. The zero-order chi connectivity index (χ0) is 12.3. The van der Waals surface area contributed by atoms with Crippen molar-refractivity contribution >= 4 is 16.5 Å². The van der Waals surface area contributed by atoms with Gasteiger partial charge in [0, 0.05) is 12.1 Å². The van der Waals surface area contributed by atoms with Crippen LogP contribution in [0.2, 0.25) is 0 Å². The topological polar surface area (TPSA) is 108 Å². The second-order valence-electron chi connectivity index (χ2n) is 3.02. The molecule has 9 heteroatoms. The number of rotatable bonds is 4. The minimum absolute atomic E-state index is 0.232. The van der Waals surface area contributed by atoms with Gasteiger partial charge in [-0.3, -0.25) is 10.2 Å². The molecule has 17 heavy (non-hydrogen) atoms. The van der Waals surface area contributed by atoms with E-state index in [9.17, 15) is 4.79 Å². The SMILES string of the molecule is COc1ccc(=O)n(Cc2nnc(NN)s2)n1. The van der Waals surface area contributed by atoms with E-state index in [1.54, 1.807) is 0 Å². The summed E-state index contributed by atoms with van der Waals surface area (Å²) in [7, 11) is 1.48. The van der Waals surface area contributed by atoms with E-state index < -0.39 is 0 Å². The third kappa shape index (κ3) is 2.57. The minimum atomic E-state index is -0.233. The fraction of sp³-hybridized carbons (Fsp3) is 0.250. The van der Waals surface area contributed by atoms with E-state index in [4.69, 9.17) is 10.6 Å². The molecule has 0 spiro atoms. The molecule has 90 valence electrons. The van der Waals surface area contributed by atoms with E-state index in [2.05, 4.69) is 20.7 Å². The minimum Gasteiger partial charge on any atom is -0.480 e. The molecule has 0 saturated heterocycles. The van der Waals surface area contributed by atoms with E-state index in [0.717, 1.165) is 0 Å². The van der Waals surface area contributed by atoms with Crippen molar-refractivity contribution < 1.29 is 4.74 Å². The smallest absolute Gasteiger partial charge is 0.267 e. The van der Waals surface area contributed by atoms with Crippen molar-refractivity contribution in [1.82, 2.24) is 20.0 Å². The zero-order valence-corrected chi connectivity index (χ0v) is 9.77. The standard InChI is InChI=1S/C8H10N6O2S/c1-16-5-2-3-7(15)14(13-5)4-6-11-12-8(10-9)17-6/h2-3H,4,9H2,1H3,(H,10,12). The number of methoxy groups -OCH3 is 1. The average molecular weight is 254 g/mol. The van der Waals surface area contributed by atoms with Crippen LogP contribution in [0.1, 0.15) is 5.01 Å². The van der Waals surface area contributed by atoms with Crippen LogP contribution in [0.25, 0.3) is 0 Å². The molecule has 0 aliphatic rings. The predicted molar refractivity (Wildman–Crippen MR) is 61.9 cm³/mol. The van der Waals surface area contributed by atoms with Crippen LogP contribution in [0.5, 0.6) is 5.88 Å². The number of hydrazine groups is 1. The lowest BCUT2D eigenvalue weighted by molar-refractivity contribution is 0.378. The molecule has 0 aromatic carbocycles. The maximum absolute atomic E-state index is 11.5. The molecule has 2 rings (SSSR count). The van der Waals surface area contributed by atoms with Crippen molar-refractivity contribution in [1.29, 1.82) is 0 Å². The third-order valence-corrected chi connectivity index (χ3v) is 2.77. The molecular formula is C8H10N6O2S. The number of hydrogen-bond donors (Lipinski definition) is 2. The monoisotopic (exact) mass is 254 g/mol. The van der Waals surface area contributed by atoms with Crippen molar-refractivity contribution in [2.45, 2.75) is 6.54 Å². The summed E-state index contributed by atoms with van der Waals surface area (Å²) in [5.41, 5.74) is 2.15. The first-order valence-electron chi connectivity index (χ1n) is 4.64. The first-order valence-corrected chi connectivity index (χ1v) is 5.45. The van der Waals surface area contributed by atoms with Crippen LogP contribution in [0.3, 0.4) is 0 Å². The number of nitrogens with one attached hydrogen (secondary N) is 1. The molecule has 0 bridgehead atoms. The zero-order valence-electron chi connectivity index (χ0n) is 8.95. The normalized spacial score (nSPS) is 10.2. The highest BCUT2D eigenvalue weighted by Gasteiger charge is 2.06. The van der Waals surface area contributed by atoms with Crippen LogP contribution >= 0.6 is 11.3 Å². The first kappa shape index (κ1) is 11.5. The summed E-state index contributed by atoms with van der Waals surface area (Å²) >= 11 is 1.25. The lowest BCUT2D eigenvalue weighted by Gasteiger charge is -2.03. The maximum Gasteiger partial charge on any atom is 0.267 e. The number of nitrogen functional groups attached to an aromatic ring is 1. The Morgan fingerprint density at radius 1 is 1.53 bits per heavy atom. The summed E-state index contributed by atoms with van der Waals surface area (Å²) in [4.78, 5) is 11.5. The quantitative estimate of drug-likeness (QED) is 0.556. The Labute approximate surface area is 100 Å². The molecular weight excluding hydrogens is 244 g/mol. The molecule has 0 amide bonds. The molecule has 0 aliphatic carbocycles. The van der Waals surface area contributed by atoms with Gasteiger partial charge < -0.3 is 4.74 Å². The number of nitrogens with zero attached hydrogens (tertiary/aromatic N) is 4. The van der Waals surface area contributed by atoms with Gasteiger partial charge in [-0.15, -0.1) is 15.3 Å². The van der Waals surface area contributed by atoms with E-state index in [-0.39, 0.29) is 12.1 Å². The van der Waals surface area contributed by atoms with E-state index in [0.29, 0.717) is 16.0 Å². The molecule has 0 saturated carbocycles. The van der Waals surface area contributed by atoms with Crippen molar-refractivity contribution in [2.75, 3.05) is 12.5 Å².